The molecule has 0 spiro atoms. The molecule has 0 aliphatic carbocycles. The molecule has 1 saturated heterocycles. The predicted molar refractivity (Wildman–Crippen MR) is 171 cm³/mol. The van der Waals surface area contributed by atoms with Crippen LogP contribution in [0.1, 0.15) is 18.3 Å². The second-order valence-corrected chi connectivity index (χ2v) is 10.9. The van der Waals surface area contributed by atoms with Gasteiger partial charge in [0.25, 0.3) is 0 Å². The summed E-state index contributed by atoms with van der Waals surface area (Å²) in [5, 5.41) is 9.19. The fourth-order valence-electron chi connectivity index (χ4n) is 5.85. The third-order valence-corrected chi connectivity index (χ3v) is 8.00. The van der Waals surface area contributed by atoms with Crippen LogP contribution >= 0.6 is 0 Å². The molecule has 0 radical (unpaired) electrons. The number of pyridine rings is 2. The summed E-state index contributed by atoms with van der Waals surface area (Å²) in [6, 6.07) is 30.7. The number of hydrogen-bond acceptors (Lipinski definition) is 9. The zero-order chi connectivity index (χ0) is 30.0. The minimum atomic E-state index is 0.198. The van der Waals surface area contributed by atoms with Gasteiger partial charge in [-0.3, -0.25) is 9.47 Å². The highest BCUT2D eigenvalue weighted by molar-refractivity contribution is 5.84. The molecule has 10 nitrogen and oxygen atoms in total. The largest absolute Gasteiger partial charge is 0.383 e. The third kappa shape index (κ3) is 5.21. The summed E-state index contributed by atoms with van der Waals surface area (Å²) >= 11 is 0. The van der Waals surface area contributed by atoms with E-state index in [9.17, 15) is 5.26 Å². The van der Waals surface area contributed by atoms with Gasteiger partial charge in [-0.2, -0.15) is 5.26 Å². The minimum absolute atomic E-state index is 0.198. The number of nitrogens with zero attached hydrogens (tertiary/aromatic N) is 9. The van der Waals surface area contributed by atoms with Crippen LogP contribution in [0.2, 0.25) is 0 Å². The first-order chi connectivity index (χ1) is 21.6. The molecule has 1 fully saturated rings. The number of benzene rings is 2. The van der Waals surface area contributed by atoms with Crippen LogP contribution in [0.15, 0.2) is 97.3 Å². The lowest BCUT2D eigenvalue weighted by Gasteiger charge is -2.40. The quantitative estimate of drug-likeness (QED) is 0.287. The lowest BCUT2D eigenvalue weighted by Crippen LogP contribution is -2.51. The second kappa shape index (κ2) is 11.6. The number of rotatable bonds is 6. The average molecular weight is 579 g/mol. The Morgan fingerprint density at radius 3 is 2.48 bits per heavy atom. The Labute approximate surface area is 255 Å². The van der Waals surface area contributed by atoms with Gasteiger partial charge in [-0.1, -0.05) is 42.5 Å². The van der Waals surface area contributed by atoms with Gasteiger partial charge in [0.05, 0.1) is 11.3 Å². The van der Waals surface area contributed by atoms with Gasteiger partial charge in [0.2, 0.25) is 5.82 Å². The Balaban J connectivity index is 1.18. The van der Waals surface area contributed by atoms with E-state index in [2.05, 4.69) is 72.6 Å². The Kier molecular flexibility index (Phi) is 7.14. The Morgan fingerprint density at radius 2 is 1.70 bits per heavy atom. The van der Waals surface area contributed by atoms with Gasteiger partial charge < -0.3 is 10.6 Å². The summed E-state index contributed by atoms with van der Waals surface area (Å²) in [4.78, 5) is 27.4. The number of nitrogens with two attached hydrogens (primary N) is 1. The maximum Gasteiger partial charge on any atom is 0.234 e. The van der Waals surface area contributed by atoms with Gasteiger partial charge in [0, 0.05) is 55.9 Å². The first kappa shape index (κ1) is 27.2. The molecule has 1 atom stereocenters. The number of anilines is 2. The molecule has 0 bridgehead atoms. The molecule has 0 amide bonds. The van der Waals surface area contributed by atoms with Gasteiger partial charge in [-0.25, -0.2) is 24.9 Å². The maximum absolute atomic E-state index is 9.19. The van der Waals surface area contributed by atoms with Crippen LogP contribution in [0.25, 0.3) is 39.5 Å². The van der Waals surface area contributed by atoms with Gasteiger partial charge in [0.1, 0.15) is 23.2 Å². The summed E-state index contributed by atoms with van der Waals surface area (Å²) in [6.45, 7) is 5.62. The Hall–Kier alpha value is -5.66. The van der Waals surface area contributed by atoms with Crippen molar-refractivity contribution in [1.82, 2.24) is 34.4 Å². The van der Waals surface area contributed by atoms with E-state index in [0.717, 1.165) is 65.7 Å². The van der Waals surface area contributed by atoms with E-state index in [1.165, 1.54) is 5.56 Å². The molecular formula is C34H30N10. The monoisotopic (exact) mass is 578 g/mol. The molecule has 0 unspecified atom stereocenters. The van der Waals surface area contributed by atoms with Crippen LogP contribution in [0.5, 0.6) is 0 Å². The number of nitrogen functional groups attached to an aromatic ring is 1. The number of fused-ring (bicyclic) bond motifs is 1. The fourth-order valence-corrected chi connectivity index (χ4v) is 5.85. The lowest BCUT2D eigenvalue weighted by molar-refractivity contribution is 0.220. The van der Waals surface area contributed by atoms with Crippen molar-refractivity contribution < 1.29 is 0 Å². The van der Waals surface area contributed by atoms with Crippen molar-refractivity contribution in [3.63, 3.8) is 0 Å². The van der Waals surface area contributed by atoms with E-state index < -0.39 is 0 Å². The maximum atomic E-state index is 9.19. The second-order valence-electron chi connectivity index (χ2n) is 10.9. The lowest BCUT2D eigenvalue weighted by atomic mass is 10.1. The molecule has 1 aliphatic heterocycles. The molecule has 6 aromatic rings. The van der Waals surface area contributed by atoms with E-state index in [4.69, 9.17) is 15.7 Å². The molecular weight excluding hydrogens is 548 g/mol. The van der Waals surface area contributed by atoms with Crippen molar-refractivity contribution in [1.29, 1.82) is 5.26 Å². The van der Waals surface area contributed by atoms with Gasteiger partial charge in [-0.05, 0) is 55.0 Å². The van der Waals surface area contributed by atoms with E-state index in [1.807, 2.05) is 54.6 Å². The predicted octanol–water partition coefficient (Wildman–Crippen LogP) is 5.10. The van der Waals surface area contributed by atoms with Gasteiger partial charge in [-0.15, -0.1) is 0 Å². The molecule has 4 aromatic heterocycles. The van der Waals surface area contributed by atoms with Crippen molar-refractivity contribution in [2.75, 3.05) is 30.3 Å². The average Bonchev–Trinajstić information content (AvgIpc) is 3.44. The molecule has 7 rings (SSSR count). The summed E-state index contributed by atoms with van der Waals surface area (Å²) in [6.07, 6.45) is 3.33. The zero-order valence-corrected chi connectivity index (χ0v) is 24.2. The third-order valence-electron chi connectivity index (χ3n) is 8.00. The van der Waals surface area contributed by atoms with Crippen molar-refractivity contribution in [2.24, 2.45) is 0 Å². The number of hydrogen-bond donors (Lipinski definition) is 1. The fraction of sp³-hybridized carbons (Fsp3) is 0.176. The summed E-state index contributed by atoms with van der Waals surface area (Å²) in [5.74, 6) is 2.12. The Bertz CT molecular complexity index is 1980. The summed E-state index contributed by atoms with van der Waals surface area (Å²) in [7, 11) is 0. The van der Waals surface area contributed by atoms with Crippen LogP contribution in [0.4, 0.5) is 11.6 Å². The topological polar surface area (TPSA) is 126 Å². The number of aromatic nitrogens is 6. The van der Waals surface area contributed by atoms with Crippen LogP contribution in [-0.2, 0) is 6.54 Å². The molecule has 2 aromatic carbocycles. The minimum Gasteiger partial charge on any atom is -0.383 e. The van der Waals surface area contributed by atoms with E-state index >= 15 is 0 Å². The van der Waals surface area contributed by atoms with Gasteiger partial charge >= 0.3 is 0 Å². The van der Waals surface area contributed by atoms with Crippen molar-refractivity contribution in [3.8, 4) is 34.4 Å². The summed E-state index contributed by atoms with van der Waals surface area (Å²) in [5.41, 5.74) is 12.7. The summed E-state index contributed by atoms with van der Waals surface area (Å²) < 4.78 is 2.07. The normalized spacial score (nSPS) is 15.4. The highest BCUT2D eigenvalue weighted by Gasteiger charge is 2.25. The molecule has 216 valence electrons. The van der Waals surface area contributed by atoms with Crippen molar-refractivity contribution >= 4 is 22.8 Å². The number of nitriles is 1. The highest BCUT2D eigenvalue weighted by Crippen LogP contribution is 2.32. The SMILES string of the molecule is C[C@H]1CN(Cc2ccc(-n3c(-c4cccnc4N)nc4ccc(-c5ccccc5)nc43)cc2)CCN1c1ccnc(C#N)n1. The van der Waals surface area contributed by atoms with Crippen LogP contribution in [0.3, 0.4) is 0 Å². The van der Waals surface area contributed by atoms with Crippen LogP contribution in [-0.4, -0.2) is 60.1 Å². The number of imidazole rings is 1. The smallest absolute Gasteiger partial charge is 0.234 e. The van der Waals surface area contributed by atoms with Crippen LogP contribution in [0, 0.1) is 11.3 Å². The molecule has 1 aliphatic rings. The zero-order valence-electron chi connectivity index (χ0n) is 24.2. The molecule has 10 heteroatoms. The standard InChI is InChI=1S/C34H30N10/c1-23-21-42(18-19-43(23)31-15-17-37-30(20-35)41-31)22-24-9-11-26(12-10-24)44-33(27-8-5-16-38-32(27)36)40-29-14-13-28(39-34(29)44)25-6-3-2-4-7-25/h2-17,23H,18-19,21-22H2,1H3,(H2,36,38)/t23-/m0/s1. The highest BCUT2D eigenvalue weighted by atomic mass is 15.3. The first-order valence-electron chi connectivity index (χ1n) is 14.5. The van der Waals surface area contributed by atoms with Crippen LogP contribution < -0.4 is 10.6 Å². The van der Waals surface area contributed by atoms with E-state index in [0.29, 0.717) is 11.6 Å². The Morgan fingerprint density at radius 1 is 0.864 bits per heavy atom. The van der Waals surface area contributed by atoms with Crippen molar-refractivity contribution in [3.05, 3.63) is 109 Å². The molecule has 2 N–H and O–H groups in total. The van der Waals surface area contributed by atoms with Gasteiger partial charge in [0.15, 0.2) is 11.5 Å². The number of piperazine rings is 1. The molecule has 0 saturated carbocycles. The van der Waals surface area contributed by atoms with E-state index in [1.54, 1.807) is 12.4 Å². The van der Waals surface area contributed by atoms with Crippen molar-refractivity contribution in [2.45, 2.75) is 19.5 Å². The molecule has 44 heavy (non-hydrogen) atoms. The van der Waals surface area contributed by atoms with E-state index in [-0.39, 0.29) is 11.9 Å². The first-order valence-corrected chi connectivity index (χ1v) is 14.5. The molecule has 5 heterocycles.